The fourth-order valence-corrected chi connectivity index (χ4v) is 6.83. The second-order valence-corrected chi connectivity index (χ2v) is 13.3. The number of carbonyl (C=O) groups is 5. The third kappa shape index (κ3) is 5.62. The van der Waals surface area contributed by atoms with Crippen molar-refractivity contribution in [2.24, 2.45) is 40.2 Å². The number of fused-ring (bicyclic) bond motifs is 4. The van der Waals surface area contributed by atoms with Gasteiger partial charge in [0, 0.05) is 25.4 Å². The number of rotatable bonds is 3. The summed E-state index contributed by atoms with van der Waals surface area (Å²) in [7, 11) is 0. The molecule has 1 aliphatic carbocycles. The molecule has 4 rings (SSSR count). The Labute approximate surface area is 219 Å². The first kappa shape index (κ1) is 27.4. The lowest BCUT2D eigenvalue weighted by atomic mass is 9.85. The number of nitrogens with one attached hydrogen (secondary N) is 3. The predicted molar refractivity (Wildman–Crippen MR) is 136 cm³/mol. The highest BCUT2D eigenvalue weighted by Crippen LogP contribution is 2.65. The molecule has 7 atom stereocenters. The topological polar surface area (TPSA) is 151 Å². The summed E-state index contributed by atoms with van der Waals surface area (Å²) in [5, 5.41) is 8.65. The number of amides is 5. The third-order valence-electron chi connectivity index (χ3n) is 9.00. The first-order chi connectivity index (χ1) is 17.2. The molecule has 1 saturated carbocycles. The van der Waals surface area contributed by atoms with Gasteiger partial charge in [-0.25, -0.2) is 0 Å². The first-order valence-corrected chi connectivity index (χ1v) is 13.7. The van der Waals surface area contributed by atoms with Gasteiger partial charge in [-0.05, 0) is 47.8 Å². The van der Waals surface area contributed by atoms with E-state index in [0.29, 0.717) is 25.9 Å². The number of hydrogen-bond donors (Lipinski definition) is 4. The van der Waals surface area contributed by atoms with E-state index >= 15 is 0 Å². The van der Waals surface area contributed by atoms with Gasteiger partial charge in [0.2, 0.25) is 29.5 Å². The molecule has 5 amide bonds. The highest BCUT2D eigenvalue weighted by atomic mass is 16.2. The number of piperidine rings is 1. The molecule has 3 heterocycles. The van der Waals surface area contributed by atoms with Gasteiger partial charge >= 0.3 is 0 Å². The Morgan fingerprint density at radius 1 is 1.11 bits per heavy atom. The number of nitrogens with two attached hydrogens (primary N) is 1. The minimum atomic E-state index is -0.994. The smallest absolute Gasteiger partial charge is 0.245 e. The number of hydrogen-bond acceptors (Lipinski definition) is 5. The molecule has 206 valence electrons. The molecular formula is C27H43N5O5. The van der Waals surface area contributed by atoms with E-state index in [-0.39, 0.29) is 59.1 Å². The Morgan fingerprint density at radius 3 is 2.43 bits per heavy atom. The van der Waals surface area contributed by atoms with Crippen LogP contribution in [0.25, 0.3) is 0 Å². The van der Waals surface area contributed by atoms with Crippen molar-refractivity contribution in [3.63, 3.8) is 0 Å². The molecule has 4 aliphatic rings. The van der Waals surface area contributed by atoms with Gasteiger partial charge in [0.1, 0.15) is 18.1 Å². The van der Waals surface area contributed by atoms with Gasteiger partial charge in [-0.3, -0.25) is 24.0 Å². The van der Waals surface area contributed by atoms with E-state index in [1.54, 1.807) is 4.90 Å². The Morgan fingerprint density at radius 2 is 1.78 bits per heavy atom. The molecule has 0 bridgehead atoms. The maximum absolute atomic E-state index is 13.8. The van der Waals surface area contributed by atoms with Crippen molar-refractivity contribution < 1.29 is 24.0 Å². The zero-order chi connectivity index (χ0) is 27.3. The van der Waals surface area contributed by atoms with E-state index in [1.807, 2.05) is 20.8 Å². The van der Waals surface area contributed by atoms with E-state index in [1.165, 1.54) is 0 Å². The monoisotopic (exact) mass is 517 g/mol. The Kier molecular flexibility index (Phi) is 7.33. The molecule has 0 aromatic heterocycles. The lowest BCUT2D eigenvalue weighted by molar-refractivity contribution is -0.144. The van der Waals surface area contributed by atoms with Crippen LogP contribution in [0.5, 0.6) is 0 Å². The van der Waals surface area contributed by atoms with Crippen molar-refractivity contribution in [1.82, 2.24) is 20.9 Å². The van der Waals surface area contributed by atoms with Gasteiger partial charge in [-0.15, -0.1) is 0 Å². The first-order valence-electron chi connectivity index (χ1n) is 13.7. The normalized spacial score (nSPS) is 35.9. The van der Waals surface area contributed by atoms with E-state index in [0.717, 1.165) is 12.8 Å². The summed E-state index contributed by atoms with van der Waals surface area (Å²) >= 11 is 0. The predicted octanol–water partition coefficient (Wildman–Crippen LogP) is 0.687. The van der Waals surface area contributed by atoms with Crippen molar-refractivity contribution in [2.45, 2.75) is 91.3 Å². The zero-order valence-electron chi connectivity index (χ0n) is 22.8. The minimum absolute atomic E-state index is 0.0218. The fourth-order valence-electron chi connectivity index (χ4n) is 6.83. The quantitative estimate of drug-likeness (QED) is 0.434. The van der Waals surface area contributed by atoms with Crippen molar-refractivity contribution in [3.05, 3.63) is 0 Å². The molecule has 3 aliphatic heterocycles. The van der Waals surface area contributed by atoms with Crippen LogP contribution in [0, 0.1) is 34.5 Å². The van der Waals surface area contributed by atoms with Crippen molar-refractivity contribution >= 4 is 29.5 Å². The highest BCUT2D eigenvalue weighted by Gasteiger charge is 2.69. The molecule has 37 heavy (non-hydrogen) atoms. The molecule has 0 aromatic carbocycles. The van der Waals surface area contributed by atoms with Crippen LogP contribution in [0.3, 0.4) is 0 Å². The van der Waals surface area contributed by atoms with Gasteiger partial charge in [0.25, 0.3) is 0 Å². The summed E-state index contributed by atoms with van der Waals surface area (Å²) in [6.07, 6.45) is 3.14. The van der Waals surface area contributed by atoms with Crippen LogP contribution in [0.15, 0.2) is 0 Å². The van der Waals surface area contributed by atoms with E-state index in [2.05, 4.69) is 29.8 Å². The summed E-state index contributed by atoms with van der Waals surface area (Å²) in [5.74, 6) is -1.90. The Bertz CT molecular complexity index is 973. The second kappa shape index (κ2) is 9.91. The lowest BCUT2D eigenvalue weighted by Crippen LogP contribution is -2.58. The molecule has 10 heteroatoms. The average molecular weight is 518 g/mol. The summed E-state index contributed by atoms with van der Waals surface area (Å²) < 4.78 is 0. The van der Waals surface area contributed by atoms with Crippen LogP contribution in [0.4, 0.5) is 0 Å². The lowest BCUT2D eigenvalue weighted by Gasteiger charge is -2.34. The van der Waals surface area contributed by atoms with Crippen LogP contribution in [-0.2, 0) is 24.0 Å². The van der Waals surface area contributed by atoms with Gasteiger partial charge in [-0.2, -0.15) is 0 Å². The molecule has 0 radical (unpaired) electrons. The second-order valence-electron chi connectivity index (χ2n) is 13.3. The van der Waals surface area contributed by atoms with Crippen LogP contribution >= 0.6 is 0 Å². The summed E-state index contributed by atoms with van der Waals surface area (Å²) in [6.45, 7) is 11.0. The zero-order valence-corrected chi connectivity index (χ0v) is 22.8. The number of nitrogens with zero attached hydrogens (tertiary/aromatic N) is 1. The SMILES string of the molecule is CC(C)(C)CC(=O)N[C@H]1CCCC[C@H]2CNC(=O)[C@H]2C[C@@H](C(N)=O)NC(=O)[C@@H]2[C@@H]3C(CN2C1=O)C3(C)C. The molecular weight excluding hydrogens is 474 g/mol. The van der Waals surface area contributed by atoms with Gasteiger partial charge in [-0.1, -0.05) is 47.5 Å². The molecule has 5 N–H and O–H groups in total. The summed E-state index contributed by atoms with van der Waals surface area (Å²) in [4.78, 5) is 66.8. The maximum atomic E-state index is 13.8. The van der Waals surface area contributed by atoms with Crippen LogP contribution < -0.4 is 21.7 Å². The van der Waals surface area contributed by atoms with E-state index < -0.39 is 35.9 Å². The third-order valence-corrected chi connectivity index (χ3v) is 9.00. The molecule has 10 nitrogen and oxygen atoms in total. The standard InChI is InChI=1S/C27H43N5O5/c1-26(2,3)11-19(33)30-17-9-7-6-8-14-12-29-23(35)15(14)10-18(22(28)34)31-24(36)21-20-16(27(20,4)5)13-32(21)25(17)37/h14-18,20-21H,6-13H2,1-5H3,(H2,28,34)(H,29,35)(H,30,33)(H,31,36)/t14-,15-,16?,17-,18-,20-,21-/m0/s1. The number of primary amides is 1. The van der Waals surface area contributed by atoms with Gasteiger partial charge in [0.15, 0.2) is 0 Å². The van der Waals surface area contributed by atoms with Crippen molar-refractivity contribution in [2.75, 3.05) is 13.1 Å². The highest BCUT2D eigenvalue weighted by molar-refractivity contribution is 5.95. The average Bonchev–Trinajstić information content (AvgIpc) is 3.10. The van der Waals surface area contributed by atoms with Crippen LogP contribution in [-0.4, -0.2) is 65.7 Å². The Balaban J connectivity index is 1.62. The van der Waals surface area contributed by atoms with Crippen LogP contribution in [0.2, 0.25) is 0 Å². The largest absolute Gasteiger partial charge is 0.368 e. The van der Waals surface area contributed by atoms with E-state index in [4.69, 9.17) is 5.73 Å². The molecule has 0 aromatic rings. The van der Waals surface area contributed by atoms with Crippen molar-refractivity contribution in [1.29, 1.82) is 0 Å². The summed E-state index contributed by atoms with van der Waals surface area (Å²) in [5.41, 5.74) is 5.34. The van der Waals surface area contributed by atoms with E-state index in [9.17, 15) is 24.0 Å². The van der Waals surface area contributed by atoms with Gasteiger partial charge in [0.05, 0.1) is 0 Å². The summed E-state index contributed by atoms with van der Waals surface area (Å²) in [6, 6.07) is -2.46. The van der Waals surface area contributed by atoms with Crippen molar-refractivity contribution in [3.8, 4) is 0 Å². The van der Waals surface area contributed by atoms with Crippen LogP contribution in [0.1, 0.15) is 73.1 Å². The maximum Gasteiger partial charge on any atom is 0.245 e. The molecule has 4 fully saturated rings. The minimum Gasteiger partial charge on any atom is -0.368 e. The molecule has 0 spiro atoms. The fraction of sp³-hybridized carbons (Fsp3) is 0.815. The number of carbonyl (C=O) groups excluding carboxylic acids is 5. The Hall–Kier alpha value is -2.65. The molecule has 1 unspecified atom stereocenters. The van der Waals surface area contributed by atoms with Gasteiger partial charge < -0.3 is 26.6 Å². The molecule has 3 saturated heterocycles.